The summed E-state index contributed by atoms with van der Waals surface area (Å²) in [5.74, 6) is 0.696. The van der Waals surface area contributed by atoms with Crippen LogP contribution in [0.1, 0.15) is 26.2 Å². The van der Waals surface area contributed by atoms with Crippen LogP contribution in [0.15, 0.2) is 0 Å². The Balaban J connectivity index is 1.81. The van der Waals surface area contributed by atoms with Gasteiger partial charge in [0.05, 0.1) is 13.2 Å². The van der Waals surface area contributed by atoms with E-state index in [9.17, 15) is 0 Å². The summed E-state index contributed by atoms with van der Waals surface area (Å²) in [7, 11) is 2.05. The zero-order chi connectivity index (χ0) is 10.7. The topological polar surface area (TPSA) is 24.5 Å². The molecule has 2 unspecified atom stereocenters. The molecule has 0 spiro atoms. The average molecular weight is 212 g/mol. The molecular formula is C12H24N2O. The van der Waals surface area contributed by atoms with E-state index in [1.807, 2.05) is 7.05 Å². The molecular weight excluding hydrogens is 188 g/mol. The molecule has 2 fully saturated rings. The van der Waals surface area contributed by atoms with E-state index in [2.05, 4.69) is 17.1 Å². The predicted molar refractivity (Wildman–Crippen MR) is 62.0 cm³/mol. The van der Waals surface area contributed by atoms with Crippen LogP contribution in [0.2, 0.25) is 0 Å². The molecule has 1 saturated carbocycles. The van der Waals surface area contributed by atoms with Crippen molar-refractivity contribution in [1.82, 2.24) is 10.2 Å². The lowest BCUT2D eigenvalue weighted by molar-refractivity contribution is 0.164. The van der Waals surface area contributed by atoms with Crippen molar-refractivity contribution in [2.45, 2.75) is 38.3 Å². The van der Waals surface area contributed by atoms with E-state index < -0.39 is 0 Å². The Kier molecular flexibility index (Phi) is 4.00. The van der Waals surface area contributed by atoms with Gasteiger partial charge in [-0.25, -0.2) is 0 Å². The Hall–Kier alpha value is -0.120. The van der Waals surface area contributed by atoms with Crippen LogP contribution in [-0.4, -0.2) is 50.3 Å². The molecule has 3 heteroatoms. The van der Waals surface area contributed by atoms with Gasteiger partial charge in [-0.1, -0.05) is 6.92 Å². The molecule has 88 valence electrons. The van der Waals surface area contributed by atoms with Crippen molar-refractivity contribution in [3.63, 3.8) is 0 Å². The molecule has 0 aromatic carbocycles. The molecule has 1 N–H and O–H groups in total. The Morgan fingerprint density at radius 1 is 1.33 bits per heavy atom. The summed E-state index contributed by atoms with van der Waals surface area (Å²) in [6.45, 7) is 6.60. The Bertz CT molecular complexity index is 194. The van der Waals surface area contributed by atoms with E-state index in [4.69, 9.17) is 4.74 Å². The van der Waals surface area contributed by atoms with Crippen molar-refractivity contribution in [3.05, 3.63) is 0 Å². The lowest BCUT2D eigenvalue weighted by atomic mass is 10.0. The number of likely N-dealkylation sites (N-methyl/N-ethyl adjacent to an activating group) is 1. The Morgan fingerprint density at radius 2 is 2.13 bits per heavy atom. The minimum atomic E-state index is 0.572. The van der Waals surface area contributed by atoms with E-state index in [0.717, 1.165) is 19.3 Å². The number of ether oxygens (including phenoxy) is 1. The van der Waals surface area contributed by atoms with Gasteiger partial charge in [-0.2, -0.15) is 0 Å². The second kappa shape index (κ2) is 5.28. The Morgan fingerprint density at radius 3 is 2.73 bits per heavy atom. The molecule has 0 aromatic heterocycles. The molecule has 0 radical (unpaired) electrons. The minimum absolute atomic E-state index is 0.572. The van der Waals surface area contributed by atoms with E-state index in [-0.39, 0.29) is 0 Å². The fraction of sp³-hybridized carbons (Fsp3) is 1.00. The number of rotatable bonds is 6. The van der Waals surface area contributed by atoms with Gasteiger partial charge in [-0.3, -0.25) is 4.90 Å². The summed E-state index contributed by atoms with van der Waals surface area (Å²) < 4.78 is 5.55. The number of hydrogen-bond acceptors (Lipinski definition) is 3. The average Bonchev–Trinajstić information content (AvgIpc) is 2.99. The van der Waals surface area contributed by atoms with Crippen LogP contribution in [0.3, 0.4) is 0 Å². The number of hydrogen-bond donors (Lipinski definition) is 1. The molecule has 2 aliphatic rings. The largest absolute Gasteiger partial charge is 0.379 e. The third-order valence-corrected chi connectivity index (χ3v) is 3.61. The van der Waals surface area contributed by atoms with Crippen LogP contribution in [0, 0.1) is 5.92 Å². The van der Waals surface area contributed by atoms with E-state index in [0.29, 0.717) is 12.0 Å². The third kappa shape index (κ3) is 2.92. The van der Waals surface area contributed by atoms with Crippen LogP contribution < -0.4 is 5.32 Å². The maximum absolute atomic E-state index is 5.55. The van der Waals surface area contributed by atoms with Crippen LogP contribution in [-0.2, 0) is 4.74 Å². The van der Waals surface area contributed by atoms with Gasteiger partial charge in [0.25, 0.3) is 0 Å². The Labute approximate surface area is 93.2 Å². The van der Waals surface area contributed by atoms with Crippen molar-refractivity contribution in [2.24, 2.45) is 5.92 Å². The molecule has 0 bridgehead atoms. The molecule has 2 atom stereocenters. The molecule has 0 aromatic rings. The smallest absolute Gasteiger partial charge is 0.0623 e. The number of nitrogens with one attached hydrogen (secondary N) is 1. The normalized spacial score (nSPS) is 31.4. The van der Waals surface area contributed by atoms with Gasteiger partial charge in [0.15, 0.2) is 0 Å². The monoisotopic (exact) mass is 212 g/mol. The van der Waals surface area contributed by atoms with E-state index in [1.165, 1.54) is 32.4 Å². The first-order valence-corrected chi connectivity index (χ1v) is 6.34. The van der Waals surface area contributed by atoms with Crippen LogP contribution >= 0.6 is 0 Å². The van der Waals surface area contributed by atoms with Crippen LogP contribution in [0.5, 0.6) is 0 Å². The van der Waals surface area contributed by atoms with Crippen molar-refractivity contribution in [1.29, 1.82) is 0 Å². The highest BCUT2D eigenvalue weighted by atomic mass is 16.5. The number of nitrogens with zero attached hydrogens (tertiary/aromatic N) is 1. The molecule has 3 nitrogen and oxygen atoms in total. The van der Waals surface area contributed by atoms with Crippen molar-refractivity contribution >= 4 is 0 Å². The van der Waals surface area contributed by atoms with Gasteiger partial charge >= 0.3 is 0 Å². The lowest BCUT2D eigenvalue weighted by Crippen LogP contribution is -2.41. The highest BCUT2D eigenvalue weighted by molar-refractivity contribution is 4.89. The van der Waals surface area contributed by atoms with Crippen molar-refractivity contribution < 1.29 is 4.74 Å². The highest BCUT2D eigenvalue weighted by Crippen LogP contribution is 2.28. The summed E-state index contributed by atoms with van der Waals surface area (Å²) in [4.78, 5) is 2.67. The predicted octanol–water partition coefficient (Wildman–Crippen LogP) is 1.10. The molecule has 2 rings (SSSR count). The maximum atomic E-state index is 5.55. The first-order chi connectivity index (χ1) is 7.35. The zero-order valence-corrected chi connectivity index (χ0v) is 10.0. The molecule has 1 aliphatic carbocycles. The van der Waals surface area contributed by atoms with E-state index >= 15 is 0 Å². The van der Waals surface area contributed by atoms with Gasteiger partial charge in [0, 0.05) is 24.5 Å². The summed E-state index contributed by atoms with van der Waals surface area (Å²) in [6, 6.07) is 1.46. The fourth-order valence-corrected chi connectivity index (χ4v) is 2.55. The summed E-state index contributed by atoms with van der Waals surface area (Å²) in [5, 5.41) is 3.37. The minimum Gasteiger partial charge on any atom is -0.379 e. The molecule has 15 heavy (non-hydrogen) atoms. The quantitative estimate of drug-likeness (QED) is 0.713. The second-order valence-corrected chi connectivity index (χ2v) is 4.92. The second-order valence-electron chi connectivity index (χ2n) is 4.92. The SMILES string of the molecule is CCCN(CC1COCC1NC)C1CC1. The molecule has 1 aliphatic heterocycles. The van der Waals surface area contributed by atoms with Gasteiger partial charge in [0.1, 0.15) is 0 Å². The fourth-order valence-electron chi connectivity index (χ4n) is 2.55. The first kappa shape index (κ1) is 11.4. The molecule has 1 heterocycles. The van der Waals surface area contributed by atoms with Crippen LogP contribution in [0.4, 0.5) is 0 Å². The maximum Gasteiger partial charge on any atom is 0.0623 e. The zero-order valence-electron chi connectivity index (χ0n) is 10.0. The van der Waals surface area contributed by atoms with Gasteiger partial charge in [-0.05, 0) is 32.9 Å². The standard InChI is InChI=1S/C12H24N2O/c1-3-6-14(11-4-5-11)7-10-8-15-9-12(10)13-2/h10-13H,3-9H2,1-2H3. The van der Waals surface area contributed by atoms with E-state index in [1.54, 1.807) is 0 Å². The third-order valence-electron chi connectivity index (χ3n) is 3.61. The summed E-state index contributed by atoms with van der Waals surface area (Å²) >= 11 is 0. The van der Waals surface area contributed by atoms with Crippen molar-refractivity contribution in [3.8, 4) is 0 Å². The van der Waals surface area contributed by atoms with Gasteiger partial charge < -0.3 is 10.1 Å². The van der Waals surface area contributed by atoms with Gasteiger partial charge in [0.2, 0.25) is 0 Å². The lowest BCUT2D eigenvalue weighted by Gasteiger charge is -2.27. The molecule has 1 saturated heterocycles. The first-order valence-electron chi connectivity index (χ1n) is 6.34. The summed E-state index contributed by atoms with van der Waals surface area (Å²) in [6.07, 6.45) is 4.10. The van der Waals surface area contributed by atoms with Crippen molar-refractivity contribution in [2.75, 3.05) is 33.4 Å². The van der Waals surface area contributed by atoms with Crippen LogP contribution in [0.25, 0.3) is 0 Å². The molecule has 0 amide bonds. The van der Waals surface area contributed by atoms with Gasteiger partial charge in [-0.15, -0.1) is 0 Å². The highest BCUT2D eigenvalue weighted by Gasteiger charge is 2.34. The summed E-state index contributed by atoms with van der Waals surface area (Å²) in [5.41, 5.74) is 0.